The van der Waals surface area contributed by atoms with Crippen LogP contribution in [0, 0.1) is 5.92 Å². The fraction of sp³-hybridized carbons (Fsp3) is 0.800. The lowest BCUT2D eigenvalue weighted by atomic mass is 10.0. The molecule has 14 heavy (non-hydrogen) atoms. The van der Waals surface area contributed by atoms with Crippen LogP contribution in [0.5, 0.6) is 0 Å². The molecule has 0 aromatic carbocycles. The van der Waals surface area contributed by atoms with Gasteiger partial charge in [0, 0.05) is 12.5 Å². The van der Waals surface area contributed by atoms with Crippen molar-refractivity contribution in [2.45, 2.75) is 39.7 Å². The van der Waals surface area contributed by atoms with Gasteiger partial charge in [-0.15, -0.1) is 0 Å². The highest BCUT2D eigenvalue weighted by molar-refractivity contribution is 5.80. The van der Waals surface area contributed by atoms with Gasteiger partial charge in [0.25, 0.3) is 0 Å². The maximum absolute atomic E-state index is 11.0. The molecule has 4 nitrogen and oxygen atoms in total. The minimum Gasteiger partial charge on any atom is -0.355 e. The van der Waals surface area contributed by atoms with Crippen molar-refractivity contribution >= 4 is 11.7 Å². The SMILES string of the molecule is CC(=O)C(C)CCCNC(=O)[C@H](C)N. The summed E-state index contributed by atoms with van der Waals surface area (Å²) in [6.07, 6.45) is 1.63. The van der Waals surface area contributed by atoms with Crippen LogP contribution < -0.4 is 11.1 Å². The van der Waals surface area contributed by atoms with Crippen molar-refractivity contribution in [1.29, 1.82) is 0 Å². The third kappa shape index (κ3) is 5.70. The second kappa shape index (κ2) is 6.54. The highest BCUT2D eigenvalue weighted by atomic mass is 16.2. The van der Waals surface area contributed by atoms with Gasteiger partial charge in [-0.05, 0) is 26.7 Å². The van der Waals surface area contributed by atoms with Crippen molar-refractivity contribution in [2.24, 2.45) is 11.7 Å². The van der Waals surface area contributed by atoms with E-state index in [-0.39, 0.29) is 17.6 Å². The average molecular weight is 200 g/mol. The van der Waals surface area contributed by atoms with Crippen LogP contribution in [0.3, 0.4) is 0 Å². The summed E-state index contributed by atoms with van der Waals surface area (Å²) >= 11 is 0. The van der Waals surface area contributed by atoms with Gasteiger partial charge in [0.2, 0.25) is 5.91 Å². The van der Waals surface area contributed by atoms with Crippen LogP contribution in [0.2, 0.25) is 0 Å². The van der Waals surface area contributed by atoms with E-state index in [2.05, 4.69) is 5.32 Å². The molecular weight excluding hydrogens is 180 g/mol. The lowest BCUT2D eigenvalue weighted by Crippen LogP contribution is -2.38. The molecule has 0 rings (SSSR count). The zero-order valence-electron chi connectivity index (χ0n) is 9.17. The Morgan fingerprint density at radius 2 is 1.93 bits per heavy atom. The van der Waals surface area contributed by atoms with Crippen molar-refractivity contribution in [3.63, 3.8) is 0 Å². The van der Waals surface area contributed by atoms with E-state index in [4.69, 9.17) is 5.73 Å². The number of amides is 1. The zero-order chi connectivity index (χ0) is 11.1. The van der Waals surface area contributed by atoms with Gasteiger partial charge in [0.15, 0.2) is 0 Å². The van der Waals surface area contributed by atoms with Gasteiger partial charge >= 0.3 is 0 Å². The Labute approximate surface area is 85.2 Å². The first-order chi connectivity index (χ1) is 6.45. The summed E-state index contributed by atoms with van der Waals surface area (Å²) in [4.78, 5) is 21.9. The minimum absolute atomic E-state index is 0.0854. The quantitative estimate of drug-likeness (QED) is 0.612. The van der Waals surface area contributed by atoms with E-state index in [1.807, 2.05) is 6.92 Å². The zero-order valence-corrected chi connectivity index (χ0v) is 9.17. The number of nitrogens with two attached hydrogens (primary N) is 1. The molecule has 3 N–H and O–H groups in total. The van der Waals surface area contributed by atoms with Gasteiger partial charge in [-0.1, -0.05) is 6.92 Å². The van der Waals surface area contributed by atoms with Crippen molar-refractivity contribution in [3.05, 3.63) is 0 Å². The minimum atomic E-state index is -0.458. The lowest BCUT2D eigenvalue weighted by Gasteiger charge is -2.09. The Kier molecular flexibility index (Phi) is 6.12. The molecule has 0 aromatic heterocycles. The maximum Gasteiger partial charge on any atom is 0.236 e. The van der Waals surface area contributed by atoms with Gasteiger partial charge in [0.1, 0.15) is 5.78 Å². The number of Topliss-reactive ketones (excluding diaryl/α,β-unsaturated/α-hetero) is 1. The Hall–Kier alpha value is -0.900. The molecule has 0 radical (unpaired) electrons. The van der Waals surface area contributed by atoms with Crippen molar-refractivity contribution < 1.29 is 9.59 Å². The summed E-state index contributed by atoms with van der Waals surface area (Å²) < 4.78 is 0. The van der Waals surface area contributed by atoms with Crippen LogP contribution in [-0.2, 0) is 9.59 Å². The molecule has 1 unspecified atom stereocenters. The number of nitrogens with one attached hydrogen (secondary N) is 1. The number of ketones is 1. The average Bonchev–Trinajstić information content (AvgIpc) is 2.11. The summed E-state index contributed by atoms with van der Waals surface area (Å²) in [6.45, 7) is 5.73. The van der Waals surface area contributed by atoms with E-state index >= 15 is 0 Å². The molecular formula is C10H20N2O2. The van der Waals surface area contributed by atoms with Crippen molar-refractivity contribution in [2.75, 3.05) is 6.54 Å². The highest BCUT2D eigenvalue weighted by Gasteiger charge is 2.08. The van der Waals surface area contributed by atoms with Crippen LogP contribution in [-0.4, -0.2) is 24.3 Å². The monoisotopic (exact) mass is 200 g/mol. The molecule has 2 atom stereocenters. The smallest absolute Gasteiger partial charge is 0.236 e. The predicted octanol–water partition coefficient (Wildman–Crippen LogP) is 0.455. The van der Waals surface area contributed by atoms with E-state index in [0.717, 1.165) is 12.8 Å². The first kappa shape index (κ1) is 13.1. The van der Waals surface area contributed by atoms with E-state index in [1.165, 1.54) is 0 Å². The van der Waals surface area contributed by atoms with Crippen LogP contribution in [0.15, 0.2) is 0 Å². The summed E-state index contributed by atoms with van der Waals surface area (Å²) in [6, 6.07) is -0.458. The van der Waals surface area contributed by atoms with Crippen molar-refractivity contribution in [3.8, 4) is 0 Å². The fourth-order valence-electron chi connectivity index (χ4n) is 0.984. The maximum atomic E-state index is 11.0. The number of hydrogen-bond donors (Lipinski definition) is 2. The van der Waals surface area contributed by atoms with Crippen LogP contribution in [0.25, 0.3) is 0 Å². The van der Waals surface area contributed by atoms with Crippen LogP contribution in [0.1, 0.15) is 33.6 Å². The largest absolute Gasteiger partial charge is 0.355 e. The highest BCUT2D eigenvalue weighted by Crippen LogP contribution is 2.05. The van der Waals surface area contributed by atoms with Gasteiger partial charge in [-0.25, -0.2) is 0 Å². The fourth-order valence-corrected chi connectivity index (χ4v) is 0.984. The summed E-state index contributed by atoms with van der Waals surface area (Å²) in [5.74, 6) is 0.145. The molecule has 0 saturated heterocycles. The molecule has 1 amide bonds. The van der Waals surface area contributed by atoms with Gasteiger partial charge in [-0.2, -0.15) is 0 Å². The molecule has 0 heterocycles. The van der Waals surface area contributed by atoms with Gasteiger partial charge < -0.3 is 11.1 Å². The molecule has 0 spiro atoms. The molecule has 0 aliphatic rings. The Balaban J connectivity index is 3.47. The summed E-state index contributed by atoms with van der Waals surface area (Å²) in [5.41, 5.74) is 5.36. The first-order valence-corrected chi connectivity index (χ1v) is 4.99. The number of carbonyl (C=O) groups is 2. The predicted molar refractivity (Wildman–Crippen MR) is 55.7 cm³/mol. The van der Waals surface area contributed by atoms with Crippen molar-refractivity contribution in [1.82, 2.24) is 5.32 Å². The van der Waals surface area contributed by atoms with Gasteiger partial charge in [-0.3, -0.25) is 9.59 Å². The molecule has 0 aliphatic carbocycles. The topological polar surface area (TPSA) is 72.2 Å². The number of hydrogen-bond acceptors (Lipinski definition) is 3. The second-order valence-electron chi connectivity index (χ2n) is 3.73. The number of rotatable bonds is 6. The first-order valence-electron chi connectivity index (χ1n) is 4.99. The van der Waals surface area contributed by atoms with E-state index in [0.29, 0.717) is 6.54 Å². The summed E-state index contributed by atoms with van der Waals surface area (Å²) in [5, 5.41) is 2.70. The normalized spacial score (nSPS) is 14.6. The van der Waals surface area contributed by atoms with E-state index in [1.54, 1.807) is 13.8 Å². The molecule has 0 saturated carbocycles. The molecule has 0 bridgehead atoms. The van der Waals surface area contributed by atoms with E-state index < -0.39 is 6.04 Å². The molecule has 82 valence electrons. The van der Waals surface area contributed by atoms with Crippen LogP contribution >= 0.6 is 0 Å². The number of carbonyl (C=O) groups excluding carboxylic acids is 2. The lowest BCUT2D eigenvalue weighted by molar-refractivity contribution is -0.122. The molecule has 0 fully saturated rings. The Morgan fingerprint density at radius 3 is 2.36 bits per heavy atom. The third-order valence-electron chi connectivity index (χ3n) is 2.22. The molecule has 4 heteroatoms. The third-order valence-corrected chi connectivity index (χ3v) is 2.22. The second-order valence-corrected chi connectivity index (χ2v) is 3.73. The van der Waals surface area contributed by atoms with E-state index in [9.17, 15) is 9.59 Å². The Bertz CT molecular complexity index is 202. The molecule has 0 aromatic rings. The summed E-state index contributed by atoms with van der Waals surface area (Å²) in [7, 11) is 0. The standard InChI is InChI=1S/C10H20N2O2/c1-7(9(3)13)5-4-6-12-10(14)8(2)11/h7-8H,4-6,11H2,1-3H3,(H,12,14)/t7?,8-/m0/s1. The van der Waals surface area contributed by atoms with Gasteiger partial charge in [0.05, 0.1) is 6.04 Å². The Morgan fingerprint density at radius 1 is 1.36 bits per heavy atom. The molecule has 0 aliphatic heterocycles. The van der Waals surface area contributed by atoms with Crippen LogP contribution in [0.4, 0.5) is 0 Å².